The summed E-state index contributed by atoms with van der Waals surface area (Å²) in [5.41, 5.74) is 5.48. The zero-order chi connectivity index (χ0) is 30.8. The number of Topliss-reactive ketones (excluding diaryl/α,β-unsaturated/α-hetero) is 1. The number of unbranched alkanes of at least 4 members (excludes halogenated alkanes) is 4. The lowest BCUT2D eigenvalue weighted by Gasteiger charge is -2.19. The first-order valence-electron chi connectivity index (χ1n) is 15.3. The molecule has 1 atom stereocenters. The van der Waals surface area contributed by atoms with Crippen molar-refractivity contribution in [3.8, 4) is 27.6 Å². The molecular weight excluding hydrogens is 554 g/mol. The third-order valence-corrected chi connectivity index (χ3v) is 8.60. The number of hydrogen-bond donors (Lipinski definition) is 1. The van der Waals surface area contributed by atoms with Crippen LogP contribution in [0.15, 0.2) is 78.2 Å². The number of ketones is 1. The van der Waals surface area contributed by atoms with Crippen LogP contribution in [0.5, 0.6) is 5.75 Å². The van der Waals surface area contributed by atoms with Crippen molar-refractivity contribution in [1.82, 2.24) is 4.98 Å². The van der Waals surface area contributed by atoms with E-state index < -0.39 is 11.9 Å². The van der Waals surface area contributed by atoms with Crippen molar-refractivity contribution < 1.29 is 19.4 Å². The van der Waals surface area contributed by atoms with Gasteiger partial charge in [0.15, 0.2) is 5.78 Å². The number of rotatable bonds is 15. The first-order valence-corrected chi connectivity index (χ1v) is 16.2. The molecule has 4 aromatic rings. The van der Waals surface area contributed by atoms with Crippen LogP contribution in [0, 0.1) is 5.92 Å². The highest BCUT2D eigenvalue weighted by Gasteiger charge is 2.23. The number of aliphatic carboxylic acids is 1. The number of carboxylic acid groups (broad SMARTS) is 1. The van der Waals surface area contributed by atoms with Crippen LogP contribution in [0.3, 0.4) is 0 Å². The van der Waals surface area contributed by atoms with Crippen molar-refractivity contribution in [2.45, 2.75) is 78.1 Å². The summed E-state index contributed by atoms with van der Waals surface area (Å²) < 4.78 is 5.89. The Labute approximate surface area is 260 Å². The predicted molar refractivity (Wildman–Crippen MR) is 176 cm³/mol. The van der Waals surface area contributed by atoms with Gasteiger partial charge in [-0.25, -0.2) is 4.98 Å². The minimum Gasteiger partial charge on any atom is -0.494 e. The zero-order valence-corrected chi connectivity index (χ0v) is 26.6. The summed E-state index contributed by atoms with van der Waals surface area (Å²) in [4.78, 5) is 29.8. The molecule has 0 aliphatic rings. The Hall–Kier alpha value is -3.77. The van der Waals surface area contributed by atoms with E-state index in [4.69, 9.17) is 9.72 Å². The largest absolute Gasteiger partial charge is 0.494 e. The van der Waals surface area contributed by atoms with Gasteiger partial charge in [-0.2, -0.15) is 0 Å². The van der Waals surface area contributed by atoms with E-state index in [0.717, 1.165) is 51.7 Å². The molecule has 4 rings (SSSR count). The van der Waals surface area contributed by atoms with Crippen LogP contribution in [0.4, 0.5) is 0 Å². The summed E-state index contributed by atoms with van der Waals surface area (Å²) in [5, 5.41) is 12.8. The zero-order valence-electron chi connectivity index (χ0n) is 25.8. The number of aromatic nitrogens is 1. The van der Waals surface area contributed by atoms with Crippen LogP contribution in [0.1, 0.15) is 87.7 Å². The Morgan fingerprint density at radius 2 is 1.51 bits per heavy atom. The third-order valence-electron chi connectivity index (χ3n) is 7.71. The Balaban J connectivity index is 1.33. The van der Waals surface area contributed by atoms with E-state index in [9.17, 15) is 14.7 Å². The molecule has 0 radical (unpaired) electrons. The Morgan fingerprint density at radius 3 is 2.14 bits per heavy atom. The molecule has 1 heterocycles. The molecule has 0 spiro atoms. The molecule has 5 nitrogen and oxygen atoms in total. The van der Waals surface area contributed by atoms with Gasteiger partial charge in [0.2, 0.25) is 0 Å². The minimum absolute atomic E-state index is 0.00867. The van der Waals surface area contributed by atoms with E-state index in [1.54, 1.807) is 23.5 Å². The van der Waals surface area contributed by atoms with Gasteiger partial charge in [0.25, 0.3) is 0 Å². The summed E-state index contributed by atoms with van der Waals surface area (Å²) in [6.45, 7) is 9.33. The van der Waals surface area contributed by atoms with Crippen LogP contribution < -0.4 is 4.74 Å². The van der Waals surface area contributed by atoms with Crippen LogP contribution >= 0.6 is 11.3 Å². The molecule has 0 aliphatic heterocycles. The van der Waals surface area contributed by atoms with Gasteiger partial charge in [-0.3, -0.25) is 9.59 Å². The van der Waals surface area contributed by atoms with Gasteiger partial charge in [-0.05, 0) is 53.6 Å². The first-order chi connectivity index (χ1) is 20.6. The molecule has 0 aliphatic carbocycles. The van der Waals surface area contributed by atoms with Gasteiger partial charge in [0, 0.05) is 28.5 Å². The second-order valence-corrected chi connectivity index (χ2v) is 13.1. The van der Waals surface area contributed by atoms with E-state index in [1.165, 1.54) is 25.7 Å². The monoisotopic (exact) mass is 597 g/mol. The quantitative estimate of drug-likeness (QED) is 0.109. The maximum atomic E-state index is 12.9. The summed E-state index contributed by atoms with van der Waals surface area (Å²) in [6.07, 6.45) is 6.35. The molecule has 0 bridgehead atoms. The maximum Gasteiger partial charge on any atom is 0.307 e. The van der Waals surface area contributed by atoms with E-state index >= 15 is 0 Å². The average molecular weight is 598 g/mol. The van der Waals surface area contributed by atoms with Crippen molar-refractivity contribution in [1.29, 1.82) is 0 Å². The molecule has 43 heavy (non-hydrogen) atoms. The number of hydrogen-bond acceptors (Lipinski definition) is 5. The van der Waals surface area contributed by atoms with Gasteiger partial charge >= 0.3 is 5.97 Å². The fraction of sp³-hybridized carbons (Fsp3) is 0.378. The van der Waals surface area contributed by atoms with Crippen LogP contribution in [-0.2, 0) is 16.6 Å². The van der Waals surface area contributed by atoms with Crippen molar-refractivity contribution in [3.05, 3.63) is 94.9 Å². The number of thiazole rings is 1. The fourth-order valence-corrected chi connectivity index (χ4v) is 5.80. The molecule has 0 saturated carbocycles. The van der Waals surface area contributed by atoms with Crippen molar-refractivity contribution in [3.63, 3.8) is 0 Å². The standard InChI is InChI=1S/C37H43NO4S/c1-5-6-7-8-9-22-42-32-20-16-27(17-21-32)33-25-43-35(38-33)29-12-10-26(11-13-29)23-30(36(40)41)24-34(39)28-14-18-31(19-15-28)37(2,3)4/h10-21,25,30H,5-9,22-24H2,1-4H3,(H,40,41)/t30-/m1/s1. The SMILES string of the molecule is CCCCCCCOc1ccc(-c2csc(-c3ccc(C[C@H](CC(=O)c4ccc(C(C)(C)C)cc4)C(=O)O)cc3)n2)cc1. The lowest BCUT2D eigenvalue weighted by molar-refractivity contribution is -0.141. The third kappa shape index (κ3) is 9.36. The van der Waals surface area contributed by atoms with E-state index in [0.29, 0.717) is 5.56 Å². The summed E-state index contributed by atoms with van der Waals surface area (Å²) in [6, 6.07) is 23.4. The average Bonchev–Trinajstić information content (AvgIpc) is 3.49. The van der Waals surface area contributed by atoms with Crippen LogP contribution in [-0.4, -0.2) is 28.4 Å². The first kappa shape index (κ1) is 32.2. The Morgan fingerprint density at radius 1 is 0.860 bits per heavy atom. The van der Waals surface area contributed by atoms with E-state index in [2.05, 4.69) is 27.7 Å². The molecular formula is C37H43NO4S. The van der Waals surface area contributed by atoms with E-state index in [1.807, 2.05) is 66.0 Å². The summed E-state index contributed by atoms with van der Waals surface area (Å²) >= 11 is 1.58. The van der Waals surface area contributed by atoms with Crippen molar-refractivity contribution in [2.24, 2.45) is 5.92 Å². The number of benzene rings is 3. The smallest absolute Gasteiger partial charge is 0.307 e. The molecule has 0 unspecified atom stereocenters. The van der Waals surface area contributed by atoms with Crippen LogP contribution in [0.2, 0.25) is 0 Å². The highest BCUT2D eigenvalue weighted by atomic mass is 32.1. The van der Waals surface area contributed by atoms with Gasteiger partial charge in [-0.15, -0.1) is 11.3 Å². The number of ether oxygens (including phenoxy) is 1. The molecule has 0 fully saturated rings. The Bertz CT molecular complexity index is 1470. The second-order valence-electron chi connectivity index (χ2n) is 12.2. The van der Waals surface area contributed by atoms with Gasteiger partial charge < -0.3 is 9.84 Å². The maximum absolute atomic E-state index is 12.9. The second kappa shape index (κ2) is 15.1. The van der Waals surface area contributed by atoms with E-state index in [-0.39, 0.29) is 24.0 Å². The summed E-state index contributed by atoms with van der Waals surface area (Å²) in [7, 11) is 0. The molecule has 1 N–H and O–H groups in total. The lowest BCUT2D eigenvalue weighted by atomic mass is 9.86. The van der Waals surface area contributed by atoms with Gasteiger partial charge in [0.05, 0.1) is 18.2 Å². The molecule has 226 valence electrons. The number of carbonyl (C=O) groups excluding carboxylic acids is 1. The normalized spacial score (nSPS) is 12.2. The van der Waals surface area contributed by atoms with Crippen molar-refractivity contribution in [2.75, 3.05) is 6.61 Å². The Kier molecular flexibility index (Phi) is 11.3. The number of nitrogens with zero attached hydrogens (tertiary/aromatic N) is 1. The lowest BCUT2D eigenvalue weighted by Crippen LogP contribution is -2.20. The number of carbonyl (C=O) groups is 2. The minimum atomic E-state index is -0.961. The summed E-state index contributed by atoms with van der Waals surface area (Å²) in [5.74, 6) is -1.02. The highest BCUT2D eigenvalue weighted by molar-refractivity contribution is 7.13. The van der Waals surface area contributed by atoms with Gasteiger partial charge in [-0.1, -0.05) is 102 Å². The molecule has 0 saturated heterocycles. The molecule has 1 aromatic heterocycles. The molecule has 6 heteroatoms. The topological polar surface area (TPSA) is 76.5 Å². The molecule has 3 aromatic carbocycles. The predicted octanol–water partition coefficient (Wildman–Crippen LogP) is 9.64. The number of carboxylic acids is 1. The van der Waals surface area contributed by atoms with Crippen molar-refractivity contribution >= 4 is 23.1 Å². The van der Waals surface area contributed by atoms with Crippen LogP contribution in [0.25, 0.3) is 21.8 Å². The molecule has 0 amide bonds. The fourth-order valence-electron chi connectivity index (χ4n) is 4.97. The van der Waals surface area contributed by atoms with Gasteiger partial charge in [0.1, 0.15) is 10.8 Å². The highest BCUT2D eigenvalue weighted by Crippen LogP contribution is 2.31.